The van der Waals surface area contributed by atoms with Crippen LogP contribution in [0.1, 0.15) is 49.0 Å². The van der Waals surface area contributed by atoms with E-state index in [1.54, 1.807) is 5.51 Å². The van der Waals surface area contributed by atoms with Crippen LogP contribution in [0.3, 0.4) is 0 Å². The Morgan fingerprint density at radius 2 is 2.24 bits per heavy atom. The summed E-state index contributed by atoms with van der Waals surface area (Å²) < 4.78 is 0. The largest absolute Gasteiger partial charge is 0.476 e. The molecule has 0 amide bonds. The summed E-state index contributed by atoms with van der Waals surface area (Å²) in [4.78, 5) is 14.7. The Kier molecular flexibility index (Phi) is 4.36. The summed E-state index contributed by atoms with van der Waals surface area (Å²) in [6.07, 6.45) is 7.88. The van der Waals surface area contributed by atoms with Crippen LogP contribution in [0.4, 0.5) is 5.00 Å². The maximum absolute atomic E-state index is 10.9. The van der Waals surface area contributed by atoms with Crippen LogP contribution in [-0.4, -0.2) is 22.6 Å². The van der Waals surface area contributed by atoms with Crippen LogP contribution in [-0.2, 0) is 0 Å². The van der Waals surface area contributed by atoms with Gasteiger partial charge in [0.1, 0.15) is 5.00 Å². The van der Waals surface area contributed by atoms with Crippen molar-refractivity contribution < 1.29 is 9.90 Å². The second-order valence-corrected chi connectivity index (χ2v) is 5.41. The molecule has 5 heteroatoms. The average molecular weight is 254 g/mol. The molecule has 0 spiro atoms. The molecule has 0 atom stereocenters. The fraction of sp³-hybridized carbons (Fsp3) is 0.667. The molecule has 17 heavy (non-hydrogen) atoms. The van der Waals surface area contributed by atoms with Gasteiger partial charge < -0.3 is 10.4 Å². The molecule has 0 unspecified atom stereocenters. The fourth-order valence-electron chi connectivity index (χ4n) is 2.39. The van der Waals surface area contributed by atoms with E-state index in [9.17, 15) is 4.79 Å². The second-order valence-electron chi connectivity index (χ2n) is 4.55. The Morgan fingerprint density at radius 1 is 1.47 bits per heavy atom. The molecule has 0 radical (unpaired) electrons. The molecule has 1 aliphatic carbocycles. The predicted octanol–water partition coefficient (Wildman–Crippen LogP) is 3.22. The monoisotopic (exact) mass is 254 g/mol. The van der Waals surface area contributed by atoms with Crippen molar-refractivity contribution in [2.24, 2.45) is 5.92 Å². The van der Waals surface area contributed by atoms with E-state index in [0.717, 1.165) is 18.9 Å². The van der Waals surface area contributed by atoms with Crippen LogP contribution in [0.25, 0.3) is 0 Å². The minimum absolute atomic E-state index is 0.152. The van der Waals surface area contributed by atoms with Gasteiger partial charge in [-0.1, -0.05) is 32.1 Å². The zero-order chi connectivity index (χ0) is 12.1. The number of hydrogen-bond acceptors (Lipinski definition) is 4. The quantitative estimate of drug-likeness (QED) is 0.847. The maximum atomic E-state index is 10.9. The molecule has 1 aromatic heterocycles. The minimum atomic E-state index is -0.952. The van der Waals surface area contributed by atoms with Crippen molar-refractivity contribution in [1.82, 2.24) is 4.98 Å². The van der Waals surface area contributed by atoms with E-state index in [0.29, 0.717) is 5.00 Å². The SMILES string of the molecule is O=C(O)c1ncsc1NCCC1CCCCC1. The zero-order valence-corrected chi connectivity index (χ0v) is 10.6. The topological polar surface area (TPSA) is 62.2 Å². The van der Waals surface area contributed by atoms with Gasteiger partial charge >= 0.3 is 5.97 Å². The highest BCUT2D eigenvalue weighted by Crippen LogP contribution is 2.27. The number of carbonyl (C=O) groups is 1. The highest BCUT2D eigenvalue weighted by molar-refractivity contribution is 7.14. The van der Waals surface area contributed by atoms with Gasteiger partial charge in [-0.2, -0.15) is 0 Å². The number of anilines is 1. The molecule has 0 aromatic carbocycles. The molecule has 1 aliphatic rings. The number of carboxylic acids is 1. The van der Waals surface area contributed by atoms with Crippen LogP contribution in [0, 0.1) is 5.92 Å². The van der Waals surface area contributed by atoms with Crippen LogP contribution < -0.4 is 5.32 Å². The molecule has 1 heterocycles. The summed E-state index contributed by atoms with van der Waals surface area (Å²) in [5.41, 5.74) is 1.73. The normalized spacial score (nSPS) is 16.9. The molecule has 4 nitrogen and oxygen atoms in total. The molecular formula is C12H18N2O2S. The Morgan fingerprint density at radius 3 is 2.94 bits per heavy atom. The van der Waals surface area contributed by atoms with E-state index >= 15 is 0 Å². The van der Waals surface area contributed by atoms with Gasteiger partial charge in [0, 0.05) is 6.54 Å². The van der Waals surface area contributed by atoms with E-state index in [4.69, 9.17) is 5.11 Å². The smallest absolute Gasteiger partial charge is 0.357 e. The number of hydrogen-bond donors (Lipinski definition) is 2. The Bertz CT molecular complexity index is 372. The van der Waals surface area contributed by atoms with E-state index in [2.05, 4.69) is 10.3 Å². The van der Waals surface area contributed by atoms with Crippen molar-refractivity contribution >= 4 is 22.3 Å². The summed E-state index contributed by atoms with van der Waals surface area (Å²) in [5.74, 6) is -0.135. The van der Waals surface area contributed by atoms with Gasteiger partial charge in [0.2, 0.25) is 0 Å². The summed E-state index contributed by atoms with van der Waals surface area (Å²) in [6.45, 7) is 0.854. The molecule has 0 aliphatic heterocycles. The van der Waals surface area contributed by atoms with E-state index in [1.807, 2.05) is 0 Å². The van der Waals surface area contributed by atoms with Gasteiger partial charge in [0.15, 0.2) is 5.69 Å². The summed E-state index contributed by atoms with van der Waals surface area (Å²) in [7, 11) is 0. The van der Waals surface area contributed by atoms with E-state index in [1.165, 1.54) is 43.4 Å². The van der Waals surface area contributed by atoms with Crippen molar-refractivity contribution in [3.63, 3.8) is 0 Å². The average Bonchev–Trinajstić information content (AvgIpc) is 2.79. The zero-order valence-electron chi connectivity index (χ0n) is 9.82. The Balaban J connectivity index is 1.77. The van der Waals surface area contributed by atoms with E-state index in [-0.39, 0.29) is 5.69 Å². The summed E-state index contributed by atoms with van der Waals surface area (Å²) >= 11 is 1.36. The third-order valence-corrected chi connectivity index (χ3v) is 4.12. The lowest BCUT2D eigenvalue weighted by Crippen LogP contribution is -2.13. The van der Waals surface area contributed by atoms with E-state index < -0.39 is 5.97 Å². The number of nitrogens with zero attached hydrogens (tertiary/aromatic N) is 1. The molecule has 1 saturated carbocycles. The third-order valence-electron chi connectivity index (χ3n) is 3.33. The van der Waals surface area contributed by atoms with Crippen molar-refractivity contribution in [3.05, 3.63) is 11.2 Å². The standard InChI is InChI=1S/C12H18N2O2S/c15-12(16)10-11(17-8-14-10)13-7-6-9-4-2-1-3-5-9/h8-9,13H,1-7H2,(H,15,16). The van der Waals surface area contributed by atoms with Crippen molar-refractivity contribution in [2.45, 2.75) is 38.5 Å². The van der Waals surface area contributed by atoms with Crippen molar-refractivity contribution in [3.8, 4) is 0 Å². The molecule has 1 aromatic rings. The lowest BCUT2D eigenvalue weighted by atomic mass is 9.87. The van der Waals surface area contributed by atoms with Crippen LogP contribution in [0.15, 0.2) is 5.51 Å². The second kappa shape index (κ2) is 6.00. The van der Waals surface area contributed by atoms with Crippen molar-refractivity contribution in [1.29, 1.82) is 0 Å². The van der Waals surface area contributed by atoms with Gasteiger partial charge in [-0.05, 0) is 12.3 Å². The third kappa shape index (κ3) is 3.43. The Labute approximate surface area is 105 Å². The number of nitrogens with one attached hydrogen (secondary N) is 1. The van der Waals surface area contributed by atoms with Gasteiger partial charge in [-0.15, -0.1) is 11.3 Å². The van der Waals surface area contributed by atoms with Gasteiger partial charge in [-0.3, -0.25) is 0 Å². The Hall–Kier alpha value is -1.10. The number of rotatable bonds is 5. The number of thiazole rings is 1. The molecular weight excluding hydrogens is 236 g/mol. The van der Waals surface area contributed by atoms with Crippen molar-refractivity contribution in [2.75, 3.05) is 11.9 Å². The predicted molar refractivity (Wildman–Crippen MR) is 68.8 cm³/mol. The van der Waals surface area contributed by atoms with Crippen LogP contribution in [0.5, 0.6) is 0 Å². The summed E-state index contributed by atoms with van der Waals surface area (Å²) in [6, 6.07) is 0. The van der Waals surface area contributed by atoms with Gasteiger partial charge in [0.25, 0.3) is 0 Å². The molecule has 94 valence electrons. The first-order chi connectivity index (χ1) is 8.27. The van der Waals surface area contributed by atoms with Gasteiger partial charge in [-0.25, -0.2) is 9.78 Å². The lowest BCUT2D eigenvalue weighted by molar-refractivity contribution is 0.0692. The fourth-order valence-corrected chi connectivity index (χ4v) is 3.09. The first-order valence-corrected chi connectivity index (χ1v) is 7.06. The van der Waals surface area contributed by atoms with Crippen LogP contribution in [0.2, 0.25) is 0 Å². The highest BCUT2D eigenvalue weighted by Gasteiger charge is 2.15. The van der Waals surface area contributed by atoms with Gasteiger partial charge in [0.05, 0.1) is 5.51 Å². The molecule has 1 fully saturated rings. The highest BCUT2D eigenvalue weighted by atomic mass is 32.1. The number of aromatic carboxylic acids is 1. The molecule has 0 bridgehead atoms. The first kappa shape index (κ1) is 12.4. The van der Waals surface area contributed by atoms with Crippen LogP contribution >= 0.6 is 11.3 Å². The summed E-state index contributed by atoms with van der Waals surface area (Å²) in [5, 5.41) is 12.8. The lowest BCUT2D eigenvalue weighted by Gasteiger charge is -2.21. The molecule has 0 saturated heterocycles. The minimum Gasteiger partial charge on any atom is -0.476 e. The maximum Gasteiger partial charge on any atom is 0.357 e. The molecule has 2 N–H and O–H groups in total. The number of carboxylic acid groups (broad SMARTS) is 1. The molecule has 2 rings (SSSR count). The number of aromatic nitrogens is 1. The first-order valence-electron chi connectivity index (χ1n) is 6.18.